The van der Waals surface area contributed by atoms with Crippen molar-refractivity contribution >= 4 is 17.7 Å². The van der Waals surface area contributed by atoms with E-state index in [4.69, 9.17) is 5.11 Å². The first-order valence-electron chi connectivity index (χ1n) is 6.14. The van der Waals surface area contributed by atoms with Crippen LogP contribution in [0.4, 0.5) is 0 Å². The van der Waals surface area contributed by atoms with Crippen molar-refractivity contribution in [3.63, 3.8) is 0 Å². The van der Waals surface area contributed by atoms with Gasteiger partial charge in [0, 0.05) is 24.4 Å². The molecule has 2 atom stereocenters. The van der Waals surface area contributed by atoms with E-state index in [-0.39, 0.29) is 5.92 Å². The van der Waals surface area contributed by atoms with Crippen LogP contribution in [-0.4, -0.2) is 26.4 Å². The number of fused-ring (bicyclic) bond motifs is 1. The molecule has 1 aromatic rings. The number of aliphatic carboxylic acids is 1. The molecule has 92 valence electrons. The summed E-state index contributed by atoms with van der Waals surface area (Å²) in [5, 5.41) is 9.58. The molecule has 2 unspecified atom stereocenters. The third kappa shape index (κ3) is 2.08. The average molecular weight is 252 g/mol. The van der Waals surface area contributed by atoms with Crippen molar-refractivity contribution in [3.05, 3.63) is 17.7 Å². The van der Waals surface area contributed by atoms with E-state index >= 15 is 0 Å². The molecule has 1 aromatic heterocycles. The van der Waals surface area contributed by atoms with Gasteiger partial charge < -0.3 is 9.67 Å². The predicted molar refractivity (Wildman–Crippen MR) is 66.1 cm³/mol. The van der Waals surface area contributed by atoms with Gasteiger partial charge in [0.1, 0.15) is 5.82 Å². The van der Waals surface area contributed by atoms with Gasteiger partial charge in [0.25, 0.3) is 0 Å². The Bertz CT molecular complexity index is 438. The number of hydrogen-bond acceptors (Lipinski definition) is 3. The Morgan fingerprint density at radius 3 is 3.12 bits per heavy atom. The zero-order valence-corrected chi connectivity index (χ0v) is 10.4. The zero-order chi connectivity index (χ0) is 11.8. The number of aromatic nitrogens is 2. The molecule has 0 radical (unpaired) electrons. The second kappa shape index (κ2) is 4.37. The van der Waals surface area contributed by atoms with Gasteiger partial charge in [0.15, 0.2) is 0 Å². The first-order valence-corrected chi connectivity index (χ1v) is 7.19. The molecule has 4 nitrogen and oxygen atoms in total. The maximum atomic E-state index is 11.0. The highest BCUT2D eigenvalue weighted by Gasteiger charge is 2.28. The highest BCUT2D eigenvalue weighted by atomic mass is 32.2. The summed E-state index contributed by atoms with van der Waals surface area (Å²) in [5.41, 5.74) is 1.16. The maximum Gasteiger partial charge on any atom is 0.307 e. The predicted octanol–water partition coefficient (Wildman–Crippen LogP) is 2.10. The summed E-state index contributed by atoms with van der Waals surface area (Å²) in [4.78, 5) is 15.6. The minimum atomic E-state index is -0.684. The average Bonchev–Trinajstić information content (AvgIpc) is 2.96. The Morgan fingerprint density at radius 1 is 1.53 bits per heavy atom. The lowest BCUT2D eigenvalue weighted by molar-refractivity contribution is -0.142. The van der Waals surface area contributed by atoms with Crippen LogP contribution in [0, 0.1) is 5.92 Å². The highest BCUT2D eigenvalue weighted by Crippen LogP contribution is 2.39. The lowest BCUT2D eigenvalue weighted by Crippen LogP contribution is -2.25. The van der Waals surface area contributed by atoms with Crippen molar-refractivity contribution in [2.24, 2.45) is 5.92 Å². The largest absolute Gasteiger partial charge is 0.481 e. The van der Waals surface area contributed by atoms with Crippen LogP contribution >= 0.6 is 11.8 Å². The summed E-state index contributed by atoms with van der Waals surface area (Å²) < 4.78 is 2.15. The third-order valence-electron chi connectivity index (χ3n) is 3.63. The number of carbonyl (C=O) groups is 1. The summed E-state index contributed by atoms with van der Waals surface area (Å²) in [6.45, 7) is 0.802. The van der Waals surface area contributed by atoms with E-state index in [9.17, 15) is 4.79 Å². The molecule has 5 heteroatoms. The smallest absolute Gasteiger partial charge is 0.307 e. The second-order valence-electron chi connectivity index (χ2n) is 4.81. The molecule has 0 aliphatic carbocycles. The standard InChI is InChI=1S/C12H16N2O2S/c15-12(16)8-3-4-14-7-9(13-11(14)6-8)10-2-1-5-17-10/h7-8,10H,1-6H2,(H,15,16). The van der Waals surface area contributed by atoms with Gasteiger partial charge in [-0.1, -0.05) is 0 Å². The summed E-state index contributed by atoms with van der Waals surface area (Å²) in [7, 11) is 0. The fraction of sp³-hybridized carbons (Fsp3) is 0.667. The molecule has 0 bridgehead atoms. The molecule has 1 saturated heterocycles. The molecule has 0 spiro atoms. The van der Waals surface area contributed by atoms with Crippen molar-refractivity contribution in [2.75, 3.05) is 5.75 Å². The normalized spacial score (nSPS) is 28.0. The van der Waals surface area contributed by atoms with Crippen LogP contribution in [0.2, 0.25) is 0 Å². The number of carboxylic acid groups (broad SMARTS) is 1. The maximum absolute atomic E-state index is 11.0. The summed E-state index contributed by atoms with van der Waals surface area (Å²) >= 11 is 1.97. The Kier molecular flexibility index (Phi) is 2.86. The van der Waals surface area contributed by atoms with Crippen LogP contribution in [-0.2, 0) is 17.8 Å². The number of hydrogen-bond donors (Lipinski definition) is 1. The molecule has 2 aliphatic heterocycles. The van der Waals surface area contributed by atoms with Crippen molar-refractivity contribution in [1.82, 2.24) is 9.55 Å². The van der Waals surface area contributed by atoms with Gasteiger partial charge in [0.05, 0.1) is 11.6 Å². The molecule has 0 amide bonds. The number of rotatable bonds is 2. The first kappa shape index (κ1) is 11.1. The number of thioether (sulfide) groups is 1. The molecule has 3 rings (SSSR count). The third-order valence-corrected chi connectivity index (χ3v) is 5.04. The van der Waals surface area contributed by atoms with Crippen molar-refractivity contribution in [1.29, 1.82) is 0 Å². The fourth-order valence-corrected chi connectivity index (χ4v) is 3.86. The van der Waals surface area contributed by atoms with Crippen LogP contribution in [0.15, 0.2) is 6.20 Å². The molecule has 17 heavy (non-hydrogen) atoms. The number of carboxylic acids is 1. The van der Waals surface area contributed by atoms with Crippen molar-refractivity contribution in [3.8, 4) is 0 Å². The van der Waals surface area contributed by atoms with Crippen molar-refractivity contribution in [2.45, 2.75) is 37.5 Å². The van der Waals surface area contributed by atoms with E-state index in [1.54, 1.807) is 0 Å². The van der Waals surface area contributed by atoms with Gasteiger partial charge >= 0.3 is 5.97 Å². The fourth-order valence-electron chi connectivity index (χ4n) is 2.63. The van der Waals surface area contributed by atoms with Gasteiger partial charge in [-0.15, -0.1) is 0 Å². The molecule has 3 heterocycles. The van der Waals surface area contributed by atoms with E-state index in [1.807, 2.05) is 11.8 Å². The first-order chi connectivity index (χ1) is 8.24. The second-order valence-corrected chi connectivity index (χ2v) is 6.12. The quantitative estimate of drug-likeness (QED) is 0.875. The SMILES string of the molecule is O=C(O)C1CCn2cc(C3CCCS3)nc2C1. The number of imidazole rings is 1. The van der Waals surface area contributed by atoms with E-state index in [0.717, 1.165) is 24.5 Å². The van der Waals surface area contributed by atoms with E-state index in [1.165, 1.54) is 18.6 Å². The van der Waals surface area contributed by atoms with Gasteiger partial charge in [-0.05, 0) is 25.0 Å². The number of nitrogens with zero attached hydrogens (tertiary/aromatic N) is 2. The monoisotopic (exact) mass is 252 g/mol. The van der Waals surface area contributed by atoms with Crippen LogP contribution in [0.3, 0.4) is 0 Å². The summed E-state index contributed by atoms with van der Waals surface area (Å²) in [6.07, 6.45) is 5.94. The van der Waals surface area contributed by atoms with E-state index < -0.39 is 5.97 Å². The Hall–Kier alpha value is -0.970. The van der Waals surface area contributed by atoms with Crippen molar-refractivity contribution < 1.29 is 9.90 Å². The van der Waals surface area contributed by atoms with Gasteiger partial charge in [0.2, 0.25) is 0 Å². The minimum Gasteiger partial charge on any atom is -0.481 e. The minimum absolute atomic E-state index is 0.242. The van der Waals surface area contributed by atoms with E-state index in [0.29, 0.717) is 11.7 Å². The summed E-state index contributed by atoms with van der Waals surface area (Å²) in [5.74, 6) is 1.26. The summed E-state index contributed by atoms with van der Waals surface area (Å²) in [6, 6.07) is 0. The molecule has 2 aliphatic rings. The number of aryl methyl sites for hydroxylation is 1. The molecule has 1 fully saturated rings. The van der Waals surface area contributed by atoms with Crippen LogP contribution in [0.5, 0.6) is 0 Å². The Balaban J connectivity index is 1.81. The molecule has 0 saturated carbocycles. The molecular weight excluding hydrogens is 236 g/mol. The van der Waals surface area contributed by atoms with Crippen LogP contribution in [0.25, 0.3) is 0 Å². The van der Waals surface area contributed by atoms with Gasteiger partial charge in [-0.3, -0.25) is 4.79 Å². The van der Waals surface area contributed by atoms with Gasteiger partial charge in [-0.25, -0.2) is 4.98 Å². The lowest BCUT2D eigenvalue weighted by atomic mass is 9.98. The highest BCUT2D eigenvalue weighted by molar-refractivity contribution is 7.99. The molecule has 1 N–H and O–H groups in total. The zero-order valence-electron chi connectivity index (χ0n) is 9.63. The Morgan fingerprint density at radius 2 is 2.41 bits per heavy atom. The van der Waals surface area contributed by atoms with Crippen LogP contribution in [0.1, 0.15) is 36.0 Å². The van der Waals surface area contributed by atoms with E-state index in [2.05, 4.69) is 15.7 Å². The Labute approximate surface area is 104 Å². The lowest BCUT2D eigenvalue weighted by Gasteiger charge is -2.19. The molecule has 0 aromatic carbocycles. The van der Waals surface area contributed by atoms with Crippen LogP contribution < -0.4 is 0 Å². The van der Waals surface area contributed by atoms with Gasteiger partial charge in [-0.2, -0.15) is 11.8 Å². The topological polar surface area (TPSA) is 55.1 Å². The molecular formula is C12H16N2O2S.